The summed E-state index contributed by atoms with van der Waals surface area (Å²) in [5, 5.41) is 2.90. The zero-order valence-electron chi connectivity index (χ0n) is 20.0. The molecule has 0 bridgehead atoms. The lowest BCUT2D eigenvalue weighted by Gasteiger charge is -2.34. The second-order valence-electron chi connectivity index (χ2n) is 9.06. The summed E-state index contributed by atoms with van der Waals surface area (Å²) in [5.74, 6) is -1.30. The highest BCUT2D eigenvalue weighted by atomic mass is 127. The summed E-state index contributed by atoms with van der Waals surface area (Å²) in [6, 6.07) is 11.6. The monoisotopic (exact) mass is 603 g/mol. The number of anilines is 1. The smallest absolute Gasteiger partial charge is 0.244 e. The molecule has 2 aromatic carbocycles. The minimum Gasteiger partial charge on any atom is -0.350 e. The van der Waals surface area contributed by atoms with Crippen LogP contribution in [0.1, 0.15) is 39.7 Å². The third-order valence-corrected chi connectivity index (χ3v) is 6.80. The molecule has 186 valence electrons. The summed E-state index contributed by atoms with van der Waals surface area (Å²) in [4.78, 5) is 28.0. The highest BCUT2D eigenvalue weighted by Crippen LogP contribution is 2.21. The van der Waals surface area contributed by atoms with E-state index in [2.05, 4.69) is 27.9 Å². The second kappa shape index (κ2) is 11.5. The van der Waals surface area contributed by atoms with E-state index in [1.54, 1.807) is 31.2 Å². The zero-order chi connectivity index (χ0) is 25.7. The Balaban J connectivity index is 2.43. The van der Waals surface area contributed by atoms with Crippen LogP contribution >= 0.6 is 22.6 Å². The molecule has 2 aromatic rings. The number of sulfonamides is 1. The van der Waals surface area contributed by atoms with Crippen molar-refractivity contribution in [3.05, 3.63) is 63.5 Å². The normalized spacial score (nSPS) is 12.7. The van der Waals surface area contributed by atoms with Crippen LogP contribution in [-0.4, -0.2) is 49.5 Å². The molecule has 0 heterocycles. The Kier molecular flexibility index (Phi) is 9.46. The molecule has 0 spiro atoms. The Morgan fingerprint density at radius 1 is 1.06 bits per heavy atom. The predicted octanol–water partition coefficient (Wildman–Crippen LogP) is 3.92. The maximum absolute atomic E-state index is 13.5. The minimum atomic E-state index is -3.79. The van der Waals surface area contributed by atoms with E-state index in [9.17, 15) is 22.4 Å². The molecule has 2 rings (SSSR count). The van der Waals surface area contributed by atoms with Gasteiger partial charge in [0.2, 0.25) is 21.8 Å². The van der Waals surface area contributed by atoms with Crippen LogP contribution in [0.4, 0.5) is 10.1 Å². The van der Waals surface area contributed by atoms with Crippen LogP contribution in [0.2, 0.25) is 0 Å². The van der Waals surface area contributed by atoms with Crippen LogP contribution < -0.4 is 9.62 Å². The SMILES string of the molecule is CC[C@@H](C(=O)NC(C)(C)C)N(Cc1ccc(F)cc1)C(=O)CN(c1ccc(I)cc1)S(C)(=O)=O. The van der Waals surface area contributed by atoms with Gasteiger partial charge in [-0.25, -0.2) is 12.8 Å². The van der Waals surface area contributed by atoms with Crippen molar-refractivity contribution in [3.63, 3.8) is 0 Å². The zero-order valence-corrected chi connectivity index (χ0v) is 23.0. The van der Waals surface area contributed by atoms with E-state index < -0.39 is 39.9 Å². The fourth-order valence-corrected chi connectivity index (χ4v) is 4.59. The second-order valence-corrected chi connectivity index (χ2v) is 12.2. The number of hydrogen-bond acceptors (Lipinski definition) is 4. The Morgan fingerprint density at radius 3 is 2.09 bits per heavy atom. The van der Waals surface area contributed by atoms with Crippen molar-refractivity contribution in [3.8, 4) is 0 Å². The highest BCUT2D eigenvalue weighted by Gasteiger charge is 2.33. The predicted molar refractivity (Wildman–Crippen MR) is 140 cm³/mol. The lowest BCUT2D eigenvalue weighted by atomic mass is 10.1. The van der Waals surface area contributed by atoms with Crippen molar-refractivity contribution in [2.24, 2.45) is 0 Å². The van der Waals surface area contributed by atoms with Gasteiger partial charge in [-0.1, -0.05) is 19.1 Å². The Labute approximate surface area is 214 Å². The topological polar surface area (TPSA) is 86.8 Å². The molecule has 0 aliphatic heterocycles. The molecular formula is C24H31FIN3O4S. The molecule has 1 atom stereocenters. The summed E-state index contributed by atoms with van der Waals surface area (Å²) >= 11 is 2.11. The Bertz CT molecular complexity index is 1100. The average Bonchev–Trinajstić information content (AvgIpc) is 2.72. The van der Waals surface area contributed by atoms with Gasteiger partial charge in [-0.2, -0.15) is 0 Å². The molecule has 0 aromatic heterocycles. The summed E-state index contributed by atoms with van der Waals surface area (Å²) in [7, 11) is -3.79. The lowest BCUT2D eigenvalue weighted by Crippen LogP contribution is -2.55. The van der Waals surface area contributed by atoms with Gasteiger partial charge < -0.3 is 10.2 Å². The third kappa shape index (κ3) is 8.23. The fraction of sp³-hybridized carbons (Fsp3) is 0.417. The number of amides is 2. The molecule has 0 aliphatic rings. The van der Waals surface area contributed by atoms with Crippen LogP contribution in [-0.2, 0) is 26.2 Å². The molecule has 0 fully saturated rings. The van der Waals surface area contributed by atoms with Gasteiger partial charge in [-0.05, 0) is 91.7 Å². The van der Waals surface area contributed by atoms with Crippen molar-refractivity contribution in [1.82, 2.24) is 10.2 Å². The van der Waals surface area contributed by atoms with Gasteiger partial charge in [0.1, 0.15) is 18.4 Å². The first-order valence-corrected chi connectivity index (χ1v) is 13.7. The van der Waals surface area contributed by atoms with Crippen molar-refractivity contribution in [2.45, 2.75) is 52.2 Å². The van der Waals surface area contributed by atoms with Crippen LogP contribution in [0.15, 0.2) is 48.5 Å². The maximum Gasteiger partial charge on any atom is 0.244 e. The summed E-state index contributed by atoms with van der Waals surface area (Å²) < 4.78 is 40.5. The third-order valence-electron chi connectivity index (χ3n) is 4.94. The molecule has 0 saturated heterocycles. The van der Waals surface area contributed by atoms with Gasteiger partial charge in [0.15, 0.2) is 0 Å². The number of benzene rings is 2. The number of hydrogen-bond donors (Lipinski definition) is 1. The molecule has 0 unspecified atom stereocenters. The largest absolute Gasteiger partial charge is 0.350 e. The van der Waals surface area contributed by atoms with Crippen LogP contribution in [0, 0.1) is 9.39 Å². The Morgan fingerprint density at radius 2 is 1.62 bits per heavy atom. The van der Waals surface area contributed by atoms with E-state index in [0.29, 0.717) is 17.7 Å². The van der Waals surface area contributed by atoms with E-state index in [1.165, 1.54) is 29.2 Å². The average molecular weight is 603 g/mol. The molecule has 0 radical (unpaired) electrons. The number of carbonyl (C=O) groups excluding carboxylic acids is 2. The van der Waals surface area contributed by atoms with Gasteiger partial charge in [-0.3, -0.25) is 13.9 Å². The number of carbonyl (C=O) groups is 2. The molecular weight excluding hydrogens is 572 g/mol. The van der Waals surface area contributed by atoms with Crippen molar-refractivity contribution >= 4 is 50.1 Å². The molecule has 34 heavy (non-hydrogen) atoms. The van der Waals surface area contributed by atoms with Gasteiger partial charge in [0.25, 0.3) is 0 Å². The first-order valence-electron chi connectivity index (χ1n) is 10.8. The first kappa shape index (κ1) is 28.0. The van der Waals surface area contributed by atoms with Crippen molar-refractivity contribution in [1.29, 1.82) is 0 Å². The van der Waals surface area contributed by atoms with Gasteiger partial charge in [-0.15, -0.1) is 0 Å². The summed E-state index contributed by atoms with van der Waals surface area (Å²) in [6.45, 7) is 6.86. The quantitative estimate of drug-likeness (QED) is 0.441. The van der Waals surface area contributed by atoms with Crippen molar-refractivity contribution < 1.29 is 22.4 Å². The van der Waals surface area contributed by atoms with E-state index in [4.69, 9.17) is 0 Å². The van der Waals surface area contributed by atoms with E-state index in [-0.39, 0.29) is 12.5 Å². The number of halogens is 2. The van der Waals surface area contributed by atoms with Crippen molar-refractivity contribution in [2.75, 3.05) is 17.1 Å². The van der Waals surface area contributed by atoms with Gasteiger partial charge >= 0.3 is 0 Å². The van der Waals surface area contributed by atoms with E-state index >= 15 is 0 Å². The summed E-state index contributed by atoms with van der Waals surface area (Å²) in [5.41, 5.74) is 0.455. The van der Waals surface area contributed by atoms with Gasteiger partial charge in [0.05, 0.1) is 11.9 Å². The lowest BCUT2D eigenvalue weighted by molar-refractivity contribution is -0.141. The van der Waals surface area contributed by atoms with Gasteiger partial charge in [0, 0.05) is 15.7 Å². The molecule has 1 N–H and O–H groups in total. The number of nitrogens with one attached hydrogen (secondary N) is 1. The van der Waals surface area contributed by atoms with E-state index in [0.717, 1.165) is 14.1 Å². The molecule has 0 aliphatic carbocycles. The maximum atomic E-state index is 13.5. The highest BCUT2D eigenvalue weighted by molar-refractivity contribution is 14.1. The van der Waals surface area contributed by atoms with Crippen LogP contribution in [0.25, 0.3) is 0 Å². The molecule has 2 amide bonds. The minimum absolute atomic E-state index is 0.0273. The number of nitrogens with zero attached hydrogens (tertiary/aromatic N) is 2. The molecule has 0 saturated carbocycles. The Hall–Kier alpha value is -2.21. The van der Waals surface area contributed by atoms with Crippen LogP contribution in [0.3, 0.4) is 0 Å². The van der Waals surface area contributed by atoms with E-state index in [1.807, 2.05) is 20.8 Å². The fourth-order valence-electron chi connectivity index (χ4n) is 3.38. The standard InChI is InChI=1S/C24H31FIN3O4S/c1-6-21(23(31)27-24(2,3)4)28(15-17-7-9-18(25)10-8-17)22(30)16-29(34(5,32)33)20-13-11-19(26)12-14-20/h7-14,21H,6,15-16H2,1-5H3,(H,27,31)/t21-/m0/s1. The number of rotatable bonds is 9. The molecule has 10 heteroatoms. The summed E-state index contributed by atoms with van der Waals surface area (Å²) in [6.07, 6.45) is 1.35. The molecule has 7 nitrogen and oxygen atoms in total. The van der Waals surface area contributed by atoms with Crippen LogP contribution in [0.5, 0.6) is 0 Å². The first-order chi connectivity index (χ1) is 15.7.